The van der Waals surface area contributed by atoms with E-state index in [4.69, 9.17) is 0 Å². The minimum atomic E-state index is 0.0577. The number of benzene rings is 1. The second kappa shape index (κ2) is 6.80. The number of carbonyl (C=O) groups excluding carboxylic acids is 1. The highest BCUT2D eigenvalue weighted by molar-refractivity contribution is 9.10. The van der Waals surface area contributed by atoms with E-state index < -0.39 is 0 Å². The molecular formula is C15H20BrNOS. The zero-order valence-electron chi connectivity index (χ0n) is 11.4. The van der Waals surface area contributed by atoms with Crippen LogP contribution in [-0.2, 0) is 0 Å². The monoisotopic (exact) mass is 341 g/mol. The van der Waals surface area contributed by atoms with Gasteiger partial charge in [0.2, 0.25) is 0 Å². The molecule has 1 saturated carbocycles. The molecule has 0 heterocycles. The van der Waals surface area contributed by atoms with Gasteiger partial charge in [-0.25, -0.2) is 0 Å². The van der Waals surface area contributed by atoms with Gasteiger partial charge in [0.05, 0.1) is 0 Å². The first-order valence-electron chi connectivity index (χ1n) is 6.70. The molecule has 2 atom stereocenters. The molecule has 104 valence electrons. The Hall–Kier alpha value is -0.480. The van der Waals surface area contributed by atoms with E-state index in [1.165, 1.54) is 12.8 Å². The lowest BCUT2D eigenvalue weighted by Crippen LogP contribution is -2.39. The first-order valence-corrected chi connectivity index (χ1v) is 8.78. The molecule has 0 aromatic heterocycles. The highest BCUT2D eigenvalue weighted by Crippen LogP contribution is 2.27. The van der Waals surface area contributed by atoms with Crippen LogP contribution in [-0.4, -0.2) is 23.5 Å². The summed E-state index contributed by atoms with van der Waals surface area (Å²) in [6, 6.07) is 6.09. The summed E-state index contributed by atoms with van der Waals surface area (Å²) < 4.78 is 1.05. The second-order valence-electron chi connectivity index (χ2n) is 5.16. The number of thioether (sulfide) groups is 1. The summed E-state index contributed by atoms with van der Waals surface area (Å²) in [4.78, 5) is 12.2. The fraction of sp³-hybridized carbons (Fsp3) is 0.533. The van der Waals surface area contributed by atoms with E-state index in [1.54, 1.807) is 0 Å². The Morgan fingerprint density at radius 2 is 2.21 bits per heavy atom. The zero-order valence-corrected chi connectivity index (χ0v) is 13.8. The summed E-state index contributed by atoms with van der Waals surface area (Å²) in [5, 5.41) is 3.88. The molecule has 1 aromatic carbocycles. The van der Waals surface area contributed by atoms with Crippen molar-refractivity contribution in [2.75, 3.05) is 6.26 Å². The number of hydrogen-bond donors (Lipinski definition) is 1. The summed E-state index contributed by atoms with van der Waals surface area (Å²) in [6.45, 7) is 2.01. The van der Waals surface area contributed by atoms with Crippen LogP contribution >= 0.6 is 27.7 Å². The van der Waals surface area contributed by atoms with Crippen molar-refractivity contribution >= 4 is 33.6 Å². The highest BCUT2D eigenvalue weighted by atomic mass is 79.9. The minimum absolute atomic E-state index is 0.0577. The molecule has 19 heavy (non-hydrogen) atoms. The molecule has 1 N–H and O–H groups in total. The number of amides is 1. The standard InChI is InChI=1S/C15H20BrNOS/c1-10-8-11(6-7-14(10)16)15(18)17-12-4-3-5-13(9-12)19-2/h6-8,12-13H,3-5,9H2,1-2H3,(H,17,18). The fourth-order valence-electron chi connectivity index (χ4n) is 2.54. The summed E-state index contributed by atoms with van der Waals surface area (Å²) in [7, 11) is 0. The van der Waals surface area contributed by atoms with Crippen molar-refractivity contribution in [2.45, 2.75) is 43.9 Å². The third-order valence-corrected chi connectivity index (χ3v) is 5.70. The molecule has 2 unspecified atom stereocenters. The van der Waals surface area contributed by atoms with Gasteiger partial charge >= 0.3 is 0 Å². The Labute approximate surface area is 127 Å². The number of halogens is 1. The van der Waals surface area contributed by atoms with Gasteiger partial charge in [0.15, 0.2) is 0 Å². The molecule has 1 aromatic rings. The molecule has 0 aliphatic heterocycles. The summed E-state index contributed by atoms with van der Waals surface area (Å²) in [6.07, 6.45) is 6.87. The Morgan fingerprint density at radius 3 is 2.89 bits per heavy atom. The fourth-order valence-corrected chi connectivity index (χ4v) is 3.62. The number of aryl methyl sites for hydroxylation is 1. The van der Waals surface area contributed by atoms with E-state index >= 15 is 0 Å². The maximum atomic E-state index is 12.2. The second-order valence-corrected chi connectivity index (χ2v) is 7.15. The van der Waals surface area contributed by atoms with Crippen LogP contribution in [0.15, 0.2) is 22.7 Å². The topological polar surface area (TPSA) is 29.1 Å². The molecule has 1 aliphatic carbocycles. The summed E-state index contributed by atoms with van der Waals surface area (Å²) in [5.41, 5.74) is 1.85. The van der Waals surface area contributed by atoms with Crippen LogP contribution < -0.4 is 5.32 Å². The Kier molecular flexibility index (Phi) is 5.34. The van der Waals surface area contributed by atoms with Gasteiger partial charge in [-0.2, -0.15) is 11.8 Å². The first kappa shape index (κ1) is 14.9. The lowest BCUT2D eigenvalue weighted by Gasteiger charge is -2.28. The Morgan fingerprint density at radius 1 is 1.42 bits per heavy atom. The first-order chi connectivity index (χ1) is 9.10. The van der Waals surface area contributed by atoms with Gasteiger partial charge < -0.3 is 5.32 Å². The third kappa shape index (κ3) is 3.99. The van der Waals surface area contributed by atoms with E-state index in [0.717, 1.165) is 28.4 Å². The average Bonchev–Trinajstić information content (AvgIpc) is 2.42. The van der Waals surface area contributed by atoms with Gasteiger partial charge in [-0.15, -0.1) is 0 Å². The van der Waals surface area contributed by atoms with Crippen LogP contribution in [0.3, 0.4) is 0 Å². The molecular weight excluding hydrogens is 322 g/mol. The van der Waals surface area contributed by atoms with Crippen LogP contribution in [0.25, 0.3) is 0 Å². The van der Waals surface area contributed by atoms with Crippen LogP contribution in [0.5, 0.6) is 0 Å². The van der Waals surface area contributed by atoms with E-state index in [2.05, 4.69) is 27.5 Å². The van der Waals surface area contributed by atoms with Gasteiger partial charge in [0, 0.05) is 21.3 Å². The van der Waals surface area contributed by atoms with Gasteiger partial charge in [-0.3, -0.25) is 4.79 Å². The van der Waals surface area contributed by atoms with Crippen LogP contribution in [0.4, 0.5) is 0 Å². The van der Waals surface area contributed by atoms with E-state index in [-0.39, 0.29) is 5.91 Å². The average molecular weight is 342 g/mol. The largest absolute Gasteiger partial charge is 0.349 e. The van der Waals surface area contributed by atoms with Gasteiger partial charge in [-0.1, -0.05) is 22.4 Å². The van der Waals surface area contributed by atoms with Crippen molar-refractivity contribution in [1.82, 2.24) is 5.32 Å². The van der Waals surface area contributed by atoms with Crippen LogP contribution in [0.2, 0.25) is 0 Å². The quantitative estimate of drug-likeness (QED) is 0.894. The molecule has 0 radical (unpaired) electrons. The predicted octanol–water partition coefficient (Wildman–Crippen LogP) is 4.16. The molecule has 2 rings (SSSR count). The Balaban J connectivity index is 1.98. The van der Waals surface area contributed by atoms with Crippen molar-refractivity contribution in [3.63, 3.8) is 0 Å². The maximum Gasteiger partial charge on any atom is 0.251 e. The number of carbonyl (C=O) groups is 1. The minimum Gasteiger partial charge on any atom is -0.349 e. The van der Waals surface area contributed by atoms with Crippen molar-refractivity contribution in [3.8, 4) is 0 Å². The summed E-state index contributed by atoms with van der Waals surface area (Å²) >= 11 is 5.38. The van der Waals surface area contributed by atoms with Crippen molar-refractivity contribution in [3.05, 3.63) is 33.8 Å². The van der Waals surface area contributed by atoms with Crippen LogP contribution in [0.1, 0.15) is 41.6 Å². The molecule has 1 amide bonds. The number of hydrogen-bond acceptors (Lipinski definition) is 2. The van der Waals surface area contributed by atoms with Gasteiger partial charge in [-0.05, 0) is 56.2 Å². The Bertz CT molecular complexity index is 463. The molecule has 0 saturated heterocycles. The van der Waals surface area contributed by atoms with E-state index in [0.29, 0.717) is 11.3 Å². The third-order valence-electron chi connectivity index (χ3n) is 3.71. The maximum absolute atomic E-state index is 12.2. The van der Waals surface area contributed by atoms with Crippen molar-refractivity contribution in [2.24, 2.45) is 0 Å². The van der Waals surface area contributed by atoms with Gasteiger partial charge in [0.1, 0.15) is 0 Å². The molecule has 2 nitrogen and oxygen atoms in total. The number of rotatable bonds is 3. The SMILES string of the molecule is CSC1CCCC(NC(=O)c2ccc(Br)c(C)c2)C1. The van der Waals surface area contributed by atoms with E-state index in [1.807, 2.05) is 36.9 Å². The molecule has 1 fully saturated rings. The lowest BCUT2D eigenvalue weighted by molar-refractivity contribution is 0.0928. The van der Waals surface area contributed by atoms with Crippen LogP contribution in [0, 0.1) is 6.92 Å². The van der Waals surface area contributed by atoms with E-state index in [9.17, 15) is 4.79 Å². The van der Waals surface area contributed by atoms with Crippen molar-refractivity contribution in [1.29, 1.82) is 0 Å². The molecule has 0 bridgehead atoms. The number of nitrogens with one attached hydrogen (secondary N) is 1. The zero-order chi connectivity index (χ0) is 13.8. The summed E-state index contributed by atoms with van der Waals surface area (Å²) in [5.74, 6) is 0.0577. The van der Waals surface area contributed by atoms with Crippen molar-refractivity contribution < 1.29 is 4.79 Å². The molecule has 0 spiro atoms. The lowest BCUT2D eigenvalue weighted by atomic mass is 9.94. The smallest absolute Gasteiger partial charge is 0.251 e. The molecule has 1 aliphatic rings. The van der Waals surface area contributed by atoms with Gasteiger partial charge in [0.25, 0.3) is 5.91 Å². The normalized spacial score (nSPS) is 23.1. The predicted molar refractivity (Wildman–Crippen MR) is 85.9 cm³/mol. The highest BCUT2D eigenvalue weighted by Gasteiger charge is 2.23. The molecule has 4 heteroatoms.